The second-order valence-electron chi connectivity index (χ2n) is 10.7. The third kappa shape index (κ3) is 6.65. The van der Waals surface area contributed by atoms with Gasteiger partial charge in [0.2, 0.25) is 0 Å². The molecule has 0 radical (unpaired) electrons. The summed E-state index contributed by atoms with van der Waals surface area (Å²) in [6.45, 7) is 5.50. The molecule has 2 heterocycles. The number of carbonyl (C=O) groups excluding carboxylic acids is 2. The fourth-order valence-corrected chi connectivity index (χ4v) is 5.18. The fourth-order valence-electron chi connectivity index (χ4n) is 5.18. The van der Waals surface area contributed by atoms with E-state index in [0.717, 1.165) is 49.7 Å². The first kappa shape index (κ1) is 28.9. The maximum absolute atomic E-state index is 13.6. The SMILES string of the molecule is CCCCCNC(=O)c1cc(-c2ccccc2)nc2cc3nc(-c4ccccc4)cc(C(=O)NCCCCC)c3cc12. The lowest BCUT2D eigenvalue weighted by Gasteiger charge is -2.14. The maximum atomic E-state index is 13.6. The first-order valence-corrected chi connectivity index (χ1v) is 15.1. The van der Waals surface area contributed by atoms with Crippen molar-refractivity contribution in [3.05, 3.63) is 96.1 Å². The van der Waals surface area contributed by atoms with Crippen LogP contribution in [-0.2, 0) is 0 Å². The van der Waals surface area contributed by atoms with Gasteiger partial charge in [0.1, 0.15) is 0 Å². The topological polar surface area (TPSA) is 84.0 Å². The van der Waals surface area contributed by atoms with Gasteiger partial charge in [-0.3, -0.25) is 9.59 Å². The highest BCUT2D eigenvalue weighted by Crippen LogP contribution is 2.32. The number of amides is 2. The Morgan fingerprint density at radius 3 is 1.40 bits per heavy atom. The number of unbranched alkanes of at least 4 members (excludes halogenated alkanes) is 4. The lowest BCUT2D eigenvalue weighted by Crippen LogP contribution is -2.25. The van der Waals surface area contributed by atoms with Crippen molar-refractivity contribution in [1.29, 1.82) is 0 Å². The number of nitrogens with zero attached hydrogens (tertiary/aromatic N) is 2. The molecule has 3 aromatic carbocycles. The standard InChI is InChI=1S/C36H38N4O2/c1-3-5-13-19-37-35(41)29-22-31(25-15-9-7-10-16-25)39-33-24-34-28(21-27(29)33)30(36(42)38-20-14-6-4-2)23-32(40-34)26-17-11-8-12-18-26/h7-12,15-18,21-24H,3-6,13-14,19-20H2,1-2H3,(H,37,41)(H,38,42). The molecule has 0 bridgehead atoms. The summed E-state index contributed by atoms with van der Waals surface area (Å²) in [7, 11) is 0. The predicted molar refractivity (Wildman–Crippen MR) is 172 cm³/mol. The van der Waals surface area contributed by atoms with Crippen molar-refractivity contribution >= 4 is 33.6 Å². The summed E-state index contributed by atoms with van der Waals surface area (Å²) >= 11 is 0. The van der Waals surface area contributed by atoms with Crippen LogP contribution in [0, 0.1) is 0 Å². The molecule has 0 fully saturated rings. The van der Waals surface area contributed by atoms with Crippen molar-refractivity contribution in [2.75, 3.05) is 13.1 Å². The Morgan fingerprint density at radius 2 is 1.00 bits per heavy atom. The molecular weight excluding hydrogens is 520 g/mol. The van der Waals surface area contributed by atoms with Crippen LogP contribution >= 0.6 is 0 Å². The summed E-state index contributed by atoms with van der Waals surface area (Å²) in [6, 6.07) is 27.3. The van der Waals surface area contributed by atoms with E-state index in [-0.39, 0.29) is 11.8 Å². The molecule has 0 saturated carbocycles. The monoisotopic (exact) mass is 558 g/mol. The Morgan fingerprint density at radius 1 is 0.571 bits per heavy atom. The number of benzene rings is 3. The van der Waals surface area contributed by atoms with Gasteiger partial charge in [0.25, 0.3) is 11.8 Å². The van der Waals surface area contributed by atoms with Crippen LogP contribution < -0.4 is 10.6 Å². The van der Waals surface area contributed by atoms with Gasteiger partial charge in [0, 0.05) is 35.0 Å². The van der Waals surface area contributed by atoms with Crippen LogP contribution in [0.25, 0.3) is 44.3 Å². The molecule has 5 rings (SSSR count). The molecule has 0 atom stereocenters. The molecule has 0 saturated heterocycles. The van der Waals surface area contributed by atoms with E-state index in [1.807, 2.05) is 84.9 Å². The minimum atomic E-state index is -0.144. The molecule has 42 heavy (non-hydrogen) atoms. The highest BCUT2D eigenvalue weighted by atomic mass is 16.2. The molecule has 6 nitrogen and oxygen atoms in total. The van der Waals surface area contributed by atoms with Crippen LogP contribution in [0.2, 0.25) is 0 Å². The Bertz CT molecular complexity index is 1560. The van der Waals surface area contributed by atoms with E-state index in [2.05, 4.69) is 24.5 Å². The van der Waals surface area contributed by atoms with E-state index < -0.39 is 0 Å². The molecule has 0 unspecified atom stereocenters. The van der Waals surface area contributed by atoms with Gasteiger partial charge in [-0.2, -0.15) is 0 Å². The molecular formula is C36H38N4O2. The summed E-state index contributed by atoms with van der Waals surface area (Å²) in [5, 5.41) is 7.59. The van der Waals surface area contributed by atoms with Crippen molar-refractivity contribution in [3.8, 4) is 22.5 Å². The predicted octanol–water partition coefficient (Wildman–Crippen LogP) is 7.96. The third-order valence-electron chi connectivity index (χ3n) is 7.50. The molecule has 0 aliphatic heterocycles. The smallest absolute Gasteiger partial charge is 0.252 e. The zero-order chi connectivity index (χ0) is 29.3. The molecule has 6 heteroatoms. The zero-order valence-electron chi connectivity index (χ0n) is 24.5. The van der Waals surface area contributed by atoms with Gasteiger partial charge in [-0.25, -0.2) is 9.97 Å². The second-order valence-corrected chi connectivity index (χ2v) is 10.7. The van der Waals surface area contributed by atoms with Crippen LogP contribution in [0.15, 0.2) is 84.9 Å². The first-order valence-electron chi connectivity index (χ1n) is 15.1. The van der Waals surface area contributed by atoms with E-state index in [1.54, 1.807) is 0 Å². The Kier molecular flexibility index (Phi) is 9.55. The fraction of sp³-hybridized carbons (Fsp3) is 0.278. The molecule has 0 spiro atoms. The summed E-state index contributed by atoms with van der Waals surface area (Å²) in [6.07, 6.45) is 6.13. The van der Waals surface area contributed by atoms with E-state index >= 15 is 0 Å². The Hall–Kier alpha value is -4.58. The van der Waals surface area contributed by atoms with Crippen LogP contribution in [-0.4, -0.2) is 34.9 Å². The van der Waals surface area contributed by atoms with Gasteiger partial charge in [0.05, 0.1) is 33.5 Å². The van der Waals surface area contributed by atoms with Crippen molar-refractivity contribution in [2.45, 2.75) is 52.4 Å². The zero-order valence-corrected chi connectivity index (χ0v) is 24.5. The lowest BCUT2D eigenvalue weighted by molar-refractivity contribution is 0.0946. The highest BCUT2D eigenvalue weighted by molar-refractivity contribution is 6.14. The first-order chi connectivity index (χ1) is 20.6. The van der Waals surface area contributed by atoms with E-state index in [9.17, 15) is 9.59 Å². The molecule has 214 valence electrons. The van der Waals surface area contributed by atoms with Crippen molar-refractivity contribution in [2.24, 2.45) is 0 Å². The third-order valence-corrected chi connectivity index (χ3v) is 7.50. The average molecular weight is 559 g/mol. The van der Waals surface area contributed by atoms with E-state index in [1.165, 1.54) is 0 Å². The number of pyridine rings is 2. The molecule has 0 aliphatic rings. The maximum Gasteiger partial charge on any atom is 0.252 e. The Balaban J connectivity index is 1.68. The minimum absolute atomic E-state index is 0.144. The van der Waals surface area contributed by atoms with E-state index in [0.29, 0.717) is 57.4 Å². The molecule has 2 N–H and O–H groups in total. The number of hydrogen-bond donors (Lipinski definition) is 2. The van der Waals surface area contributed by atoms with Gasteiger partial charge in [-0.05, 0) is 37.1 Å². The van der Waals surface area contributed by atoms with Crippen molar-refractivity contribution in [1.82, 2.24) is 20.6 Å². The second kappa shape index (κ2) is 13.9. The van der Waals surface area contributed by atoms with E-state index in [4.69, 9.17) is 9.97 Å². The van der Waals surface area contributed by atoms with Crippen molar-refractivity contribution in [3.63, 3.8) is 0 Å². The van der Waals surface area contributed by atoms with Crippen molar-refractivity contribution < 1.29 is 9.59 Å². The normalized spacial score (nSPS) is 11.1. The number of rotatable bonds is 12. The summed E-state index contributed by atoms with van der Waals surface area (Å²) in [5.74, 6) is -0.288. The van der Waals surface area contributed by atoms with Gasteiger partial charge in [-0.1, -0.05) is 100 Å². The van der Waals surface area contributed by atoms with Gasteiger partial charge >= 0.3 is 0 Å². The summed E-state index contributed by atoms with van der Waals surface area (Å²) < 4.78 is 0. The largest absolute Gasteiger partial charge is 0.352 e. The highest BCUT2D eigenvalue weighted by Gasteiger charge is 2.19. The van der Waals surface area contributed by atoms with Crippen LogP contribution in [0.1, 0.15) is 73.1 Å². The number of hydrogen-bond acceptors (Lipinski definition) is 4. The number of nitrogens with one attached hydrogen (secondary N) is 2. The van der Waals surface area contributed by atoms with Gasteiger partial charge in [0.15, 0.2) is 0 Å². The molecule has 5 aromatic rings. The molecule has 0 aliphatic carbocycles. The number of carbonyl (C=O) groups is 2. The average Bonchev–Trinajstić information content (AvgIpc) is 3.03. The molecule has 2 amide bonds. The molecule has 2 aromatic heterocycles. The summed E-state index contributed by atoms with van der Waals surface area (Å²) in [5.41, 5.74) is 5.69. The van der Waals surface area contributed by atoms with Gasteiger partial charge in [-0.15, -0.1) is 0 Å². The number of aromatic nitrogens is 2. The summed E-state index contributed by atoms with van der Waals surface area (Å²) in [4.78, 5) is 37.1. The number of fused-ring (bicyclic) bond motifs is 2. The van der Waals surface area contributed by atoms with Gasteiger partial charge < -0.3 is 10.6 Å². The van der Waals surface area contributed by atoms with Crippen LogP contribution in [0.3, 0.4) is 0 Å². The quantitative estimate of drug-likeness (QED) is 0.120. The van der Waals surface area contributed by atoms with Crippen LogP contribution in [0.4, 0.5) is 0 Å². The Labute approximate surface area is 247 Å². The minimum Gasteiger partial charge on any atom is -0.352 e. The van der Waals surface area contributed by atoms with Crippen LogP contribution in [0.5, 0.6) is 0 Å². The lowest BCUT2D eigenvalue weighted by atomic mass is 9.98.